The van der Waals surface area contributed by atoms with Gasteiger partial charge < -0.3 is 16.8 Å². The predicted octanol–water partition coefficient (Wildman–Crippen LogP) is 6.41. The van der Waals surface area contributed by atoms with Crippen LogP contribution in [0.4, 0.5) is 11.4 Å². The molecule has 5 heteroatoms. The van der Waals surface area contributed by atoms with Gasteiger partial charge in [-0.3, -0.25) is 4.79 Å². The normalized spacial score (nSPS) is 12.2. The zero-order valence-corrected chi connectivity index (χ0v) is 21.2. The fraction of sp³-hybridized carbons (Fsp3) is 0.0938. The number of nitrogen functional groups attached to an aromatic ring is 1. The van der Waals surface area contributed by atoms with E-state index < -0.39 is 10.8 Å². The topological polar surface area (TPSA) is 81.1 Å². The summed E-state index contributed by atoms with van der Waals surface area (Å²) < 4.78 is -0.532. The van der Waals surface area contributed by atoms with Gasteiger partial charge in [0, 0.05) is 27.9 Å². The van der Waals surface area contributed by atoms with Gasteiger partial charge in [-0.1, -0.05) is 115 Å². The molecule has 0 fully saturated rings. The van der Waals surface area contributed by atoms with E-state index in [0.29, 0.717) is 17.1 Å². The van der Waals surface area contributed by atoms with Crippen molar-refractivity contribution in [3.8, 4) is 0 Å². The van der Waals surface area contributed by atoms with Crippen LogP contribution < -0.4 is 16.8 Å². The number of rotatable bonds is 8. The lowest BCUT2D eigenvalue weighted by atomic mass is 9.84. The summed E-state index contributed by atoms with van der Waals surface area (Å²) in [7, 11) is 0. The van der Waals surface area contributed by atoms with Gasteiger partial charge in [0.05, 0.1) is 10.8 Å². The van der Waals surface area contributed by atoms with Gasteiger partial charge in [-0.15, -0.1) is 11.8 Å². The second kappa shape index (κ2) is 10.9. The Hall–Kier alpha value is -4.06. The molecule has 4 nitrogen and oxygen atoms in total. The number of amides is 1. The Morgan fingerprint density at radius 2 is 1.16 bits per heavy atom. The SMILES string of the molecule is Nc1cccc2c(NC(=O)[C@@H](N)CSC(c3ccccc3)(c3ccccc3)c3ccccc3)cccc12. The zero-order chi connectivity index (χ0) is 25.7. The summed E-state index contributed by atoms with van der Waals surface area (Å²) in [5.74, 6) is 0.183. The van der Waals surface area contributed by atoms with Crippen molar-refractivity contribution in [1.29, 1.82) is 0 Å². The van der Waals surface area contributed by atoms with Crippen LogP contribution in [-0.2, 0) is 9.54 Å². The van der Waals surface area contributed by atoms with E-state index in [1.807, 2.05) is 54.6 Å². The summed E-state index contributed by atoms with van der Waals surface area (Å²) in [6.45, 7) is 0. The van der Waals surface area contributed by atoms with Crippen molar-refractivity contribution in [2.75, 3.05) is 16.8 Å². The number of fused-ring (bicyclic) bond motifs is 1. The molecule has 0 aliphatic carbocycles. The maximum atomic E-state index is 13.3. The molecule has 0 bridgehead atoms. The molecule has 5 aromatic carbocycles. The number of hydrogen-bond acceptors (Lipinski definition) is 4. The maximum Gasteiger partial charge on any atom is 0.242 e. The molecule has 0 spiro atoms. The van der Waals surface area contributed by atoms with Crippen LogP contribution in [0.15, 0.2) is 127 Å². The van der Waals surface area contributed by atoms with E-state index in [0.717, 1.165) is 27.5 Å². The first-order valence-electron chi connectivity index (χ1n) is 12.2. The number of carbonyl (C=O) groups is 1. The van der Waals surface area contributed by atoms with Gasteiger partial charge in [-0.05, 0) is 28.8 Å². The van der Waals surface area contributed by atoms with E-state index in [-0.39, 0.29) is 5.91 Å². The monoisotopic (exact) mass is 503 g/mol. The van der Waals surface area contributed by atoms with Crippen molar-refractivity contribution < 1.29 is 4.79 Å². The van der Waals surface area contributed by atoms with E-state index in [1.54, 1.807) is 11.8 Å². The predicted molar refractivity (Wildman–Crippen MR) is 157 cm³/mol. The highest BCUT2D eigenvalue weighted by Crippen LogP contribution is 2.48. The van der Waals surface area contributed by atoms with Crippen LogP contribution in [-0.4, -0.2) is 17.7 Å². The van der Waals surface area contributed by atoms with E-state index in [1.165, 1.54) is 0 Å². The molecular weight excluding hydrogens is 474 g/mol. The molecule has 184 valence electrons. The van der Waals surface area contributed by atoms with Crippen molar-refractivity contribution in [2.45, 2.75) is 10.8 Å². The quantitative estimate of drug-likeness (QED) is 0.169. The highest BCUT2D eigenvalue weighted by molar-refractivity contribution is 8.00. The van der Waals surface area contributed by atoms with Gasteiger partial charge in [0.2, 0.25) is 5.91 Å². The molecule has 1 atom stereocenters. The Morgan fingerprint density at radius 3 is 1.70 bits per heavy atom. The average molecular weight is 504 g/mol. The van der Waals surface area contributed by atoms with Crippen molar-refractivity contribution in [3.05, 3.63) is 144 Å². The minimum Gasteiger partial charge on any atom is -0.398 e. The van der Waals surface area contributed by atoms with E-state index in [2.05, 4.69) is 78.1 Å². The fourth-order valence-electron chi connectivity index (χ4n) is 4.73. The molecule has 0 aliphatic heterocycles. The third kappa shape index (κ3) is 4.96. The third-order valence-electron chi connectivity index (χ3n) is 6.57. The Kier molecular flexibility index (Phi) is 7.26. The molecule has 0 aromatic heterocycles. The molecule has 5 rings (SSSR count). The first kappa shape index (κ1) is 24.6. The van der Waals surface area contributed by atoms with Crippen LogP contribution in [0.3, 0.4) is 0 Å². The smallest absolute Gasteiger partial charge is 0.242 e. The Bertz CT molecular complexity index is 1390. The van der Waals surface area contributed by atoms with Gasteiger partial charge in [0.15, 0.2) is 0 Å². The average Bonchev–Trinajstić information content (AvgIpc) is 2.95. The lowest BCUT2D eigenvalue weighted by Crippen LogP contribution is -2.39. The Balaban J connectivity index is 1.47. The lowest BCUT2D eigenvalue weighted by molar-refractivity contribution is -0.116. The molecule has 0 aliphatic rings. The highest BCUT2D eigenvalue weighted by Gasteiger charge is 2.37. The number of thioether (sulfide) groups is 1. The Morgan fingerprint density at radius 1 is 0.676 bits per heavy atom. The van der Waals surface area contributed by atoms with Crippen LogP contribution in [0.2, 0.25) is 0 Å². The number of anilines is 2. The second-order valence-electron chi connectivity index (χ2n) is 8.93. The van der Waals surface area contributed by atoms with Crippen molar-refractivity contribution >= 4 is 39.8 Å². The standard InChI is InChI=1S/C32H29N3OS/c33-28-20-10-19-27-26(28)18-11-21-30(27)35-31(36)29(34)22-37-32(23-12-4-1-5-13-23,24-14-6-2-7-15-24)25-16-8-3-9-17-25/h1-21,29H,22,33-34H2,(H,35,36)/t29-/m0/s1. The van der Waals surface area contributed by atoms with E-state index >= 15 is 0 Å². The molecular formula is C32H29N3OS. The van der Waals surface area contributed by atoms with Gasteiger partial charge >= 0.3 is 0 Å². The summed E-state index contributed by atoms with van der Waals surface area (Å²) in [5, 5.41) is 4.83. The first-order valence-corrected chi connectivity index (χ1v) is 13.2. The molecule has 0 unspecified atom stereocenters. The second-order valence-corrected chi connectivity index (χ2v) is 10.2. The molecule has 0 radical (unpaired) electrons. The molecule has 1 amide bonds. The molecule has 5 aromatic rings. The number of hydrogen-bond donors (Lipinski definition) is 3. The fourth-order valence-corrected chi connectivity index (χ4v) is 6.22. The maximum absolute atomic E-state index is 13.3. The molecule has 0 heterocycles. The summed E-state index contributed by atoms with van der Waals surface area (Å²) in [6, 6.07) is 41.9. The molecule has 37 heavy (non-hydrogen) atoms. The summed E-state index contributed by atoms with van der Waals surface area (Å²) in [6.07, 6.45) is 0. The molecule has 5 N–H and O–H groups in total. The van der Waals surface area contributed by atoms with Crippen LogP contribution in [0.5, 0.6) is 0 Å². The van der Waals surface area contributed by atoms with Crippen LogP contribution in [0, 0.1) is 0 Å². The van der Waals surface area contributed by atoms with Gasteiger partial charge in [0.25, 0.3) is 0 Å². The molecule has 0 saturated carbocycles. The summed E-state index contributed by atoms with van der Waals surface area (Å²) >= 11 is 1.68. The number of benzene rings is 5. The summed E-state index contributed by atoms with van der Waals surface area (Å²) in [5.41, 5.74) is 17.4. The number of nitrogens with two attached hydrogens (primary N) is 2. The van der Waals surface area contributed by atoms with Crippen molar-refractivity contribution in [2.24, 2.45) is 5.73 Å². The largest absolute Gasteiger partial charge is 0.398 e. The van der Waals surface area contributed by atoms with Crippen molar-refractivity contribution in [3.63, 3.8) is 0 Å². The first-order chi connectivity index (χ1) is 18.1. The zero-order valence-electron chi connectivity index (χ0n) is 20.4. The van der Waals surface area contributed by atoms with Crippen LogP contribution in [0.1, 0.15) is 16.7 Å². The third-order valence-corrected chi connectivity index (χ3v) is 8.24. The molecule has 0 saturated heterocycles. The Labute approximate surface area is 221 Å². The van der Waals surface area contributed by atoms with Crippen LogP contribution >= 0.6 is 11.8 Å². The van der Waals surface area contributed by atoms with Gasteiger partial charge in [-0.25, -0.2) is 0 Å². The van der Waals surface area contributed by atoms with E-state index in [4.69, 9.17) is 11.5 Å². The number of nitrogens with one attached hydrogen (secondary N) is 1. The van der Waals surface area contributed by atoms with Gasteiger partial charge in [-0.2, -0.15) is 0 Å². The lowest BCUT2D eigenvalue weighted by Gasteiger charge is -2.36. The number of carbonyl (C=O) groups excluding carboxylic acids is 1. The highest BCUT2D eigenvalue weighted by atomic mass is 32.2. The van der Waals surface area contributed by atoms with Crippen molar-refractivity contribution in [1.82, 2.24) is 0 Å². The van der Waals surface area contributed by atoms with Gasteiger partial charge in [0.1, 0.15) is 0 Å². The van der Waals surface area contributed by atoms with Crippen LogP contribution in [0.25, 0.3) is 10.8 Å². The summed E-state index contributed by atoms with van der Waals surface area (Å²) in [4.78, 5) is 13.3. The minimum atomic E-state index is -0.725. The van der Waals surface area contributed by atoms with E-state index in [9.17, 15) is 4.79 Å². The minimum absolute atomic E-state index is 0.231.